The van der Waals surface area contributed by atoms with Crippen LogP contribution in [0.2, 0.25) is 0 Å². The third kappa shape index (κ3) is 1.81. The Labute approximate surface area is 85.5 Å². The maximum absolute atomic E-state index is 4.29. The summed E-state index contributed by atoms with van der Waals surface area (Å²) < 4.78 is 2.33. The molecule has 1 aromatic heterocycles. The predicted octanol–water partition coefficient (Wildman–Crippen LogP) is 2.06. The number of aryl methyl sites for hydroxylation is 1. The molecular weight excluding hydrogens is 174 g/mol. The number of fused-ring (bicyclic) bond motifs is 1. The normalized spacial score (nSPS) is 21.3. The molecule has 78 valence electrons. The van der Waals surface area contributed by atoms with Crippen LogP contribution in [-0.2, 0) is 19.4 Å². The highest BCUT2D eigenvalue weighted by Crippen LogP contribution is 2.20. The Morgan fingerprint density at radius 2 is 2.21 bits per heavy atom. The van der Waals surface area contributed by atoms with Crippen LogP contribution in [0, 0.1) is 11.8 Å². The number of hydrogen-bond acceptors (Lipinski definition) is 2. The predicted molar refractivity (Wildman–Crippen MR) is 56.0 cm³/mol. The minimum absolute atomic E-state index is 0.667. The molecule has 1 aromatic rings. The van der Waals surface area contributed by atoms with Crippen LogP contribution < -0.4 is 0 Å². The van der Waals surface area contributed by atoms with Gasteiger partial charge in [0.05, 0.1) is 0 Å². The zero-order valence-corrected chi connectivity index (χ0v) is 9.32. The van der Waals surface area contributed by atoms with E-state index in [0.717, 1.165) is 25.3 Å². The van der Waals surface area contributed by atoms with E-state index < -0.39 is 0 Å². The average molecular weight is 193 g/mol. The molecule has 0 aromatic carbocycles. The zero-order valence-electron chi connectivity index (χ0n) is 9.32. The van der Waals surface area contributed by atoms with E-state index in [4.69, 9.17) is 0 Å². The molecule has 1 aliphatic rings. The van der Waals surface area contributed by atoms with E-state index in [2.05, 4.69) is 35.5 Å². The Morgan fingerprint density at radius 3 is 2.93 bits per heavy atom. The van der Waals surface area contributed by atoms with Gasteiger partial charge in [0.15, 0.2) is 0 Å². The summed E-state index contributed by atoms with van der Waals surface area (Å²) in [6.45, 7) is 7.88. The second kappa shape index (κ2) is 3.71. The zero-order chi connectivity index (χ0) is 10.1. The molecule has 1 aliphatic heterocycles. The summed E-state index contributed by atoms with van der Waals surface area (Å²) in [5.74, 6) is 3.82. The highest BCUT2D eigenvalue weighted by molar-refractivity contribution is 5.00. The lowest BCUT2D eigenvalue weighted by Gasteiger charge is -2.21. The van der Waals surface area contributed by atoms with Crippen LogP contribution >= 0.6 is 0 Å². The van der Waals surface area contributed by atoms with Gasteiger partial charge in [0.25, 0.3) is 0 Å². The molecule has 0 amide bonds. The Kier molecular flexibility index (Phi) is 2.57. The molecule has 0 fully saturated rings. The van der Waals surface area contributed by atoms with Gasteiger partial charge in [-0.1, -0.05) is 20.8 Å². The lowest BCUT2D eigenvalue weighted by molar-refractivity contribution is 0.382. The van der Waals surface area contributed by atoms with Gasteiger partial charge in [-0.25, -0.2) is 0 Å². The highest BCUT2D eigenvalue weighted by atomic mass is 15.3. The van der Waals surface area contributed by atoms with E-state index in [1.54, 1.807) is 0 Å². The van der Waals surface area contributed by atoms with E-state index >= 15 is 0 Å². The van der Waals surface area contributed by atoms with Crippen LogP contribution in [0.3, 0.4) is 0 Å². The smallest absolute Gasteiger partial charge is 0.133 e. The van der Waals surface area contributed by atoms with Crippen LogP contribution in [0.1, 0.15) is 38.8 Å². The van der Waals surface area contributed by atoms with Gasteiger partial charge in [-0.3, -0.25) is 0 Å². The molecule has 0 radical (unpaired) electrons. The van der Waals surface area contributed by atoms with Crippen LogP contribution in [0.25, 0.3) is 0 Å². The summed E-state index contributed by atoms with van der Waals surface area (Å²) in [6, 6.07) is 0. The highest BCUT2D eigenvalue weighted by Gasteiger charge is 2.20. The van der Waals surface area contributed by atoms with Crippen LogP contribution in [-0.4, -0.2) is 14.8 Å². The first-order valence-electron chi connectivity index (χ1n) is 5.57. The van der Waals surface area contributed by atoms with Gasteiger partial charge in [0.2, 0.25) is 0 Å². The van der Waals surface area contributed by atoms with Crippen LogP contribution in [0.15, 0.2) is 0 Å². The first-order chi connectivity index (χ1) is 6.66. The number of aromatic nitrogens is 3. The number of hydrogen-bond donors (Lipinski definition) is 0. The van der Waals surface area contributed by atoms with Crippen molar-refractivity contribution >= 4 is 0 Å². The molecule has 0 N–H and O–H groups in total. The maximum atomic E-state index is 4.29. The standard InChI is InChI=1S/C11H19N3/c1-8(2)6-11-13-12-10-5-4-9(3)7-14(10)11/h8-9H,4-7H2,1-3H3. The largest absolute Gasteiger partial charge is 0.315 e. The van der Waals surface area contributed by atoms with Crippen molar-refractivity contribution in [3.8, 4) is 0 Å². The Hall–Kier alpha value is -0.860. The third-order valence-electron chi connectivity index (χ3n) is 2.85. The molecule has 2 heterocycles. The van der Waals surface area contributed by atoms with Crippen molar-refractivity contribution in [2.45, 2.75) is 46.6 Å². The Bertz CT molecular complexity index is 314. The fourth-order valence-corrected chi connectivity index (χ4v) is 2.06. The summed E-state index contributed by atoms with van der Waals surface area (Å²) in [5, 5.41) is 8.54. The quantitative estimate of drug-likeness (QED) is 0.719. The van der Waals surface area contributed by atoms with Gasteiger partial charge in [-0.2, -0.15) is 0 Å². The van der Waals surface area contributed by atoms with E-state index in [9.17, 15) is 0 Å². The van der Waals surface area contributed by atoms with E-state index in [-0.39, 0.29) is 0 Å². The molecule has 0 saturated carbocycles. The lowest BCUT2D eigenvalue weighted by Crippen LogP contribution is -2.20. The van der Waals surface area contributed by atoms with Gasteiger partial charge < -0.3 is 4.57 Å². The van der Waals surface area contributed by atoms with E-state index in [0.29, 0.717) is 5.92 Å². The monoisotopic (exact) mass is 193 g/mol. The molecule has 3 heteroatoms. The summed E-state index contributed by atoms with van der Waals surface area (Å²) in [5.41, 5.74) is 0. The minimum atomic E-state index is 0.667. The third-order valence-corrected chi connectivity index (χ3v) is 2.85. The summed E-state index contributed by atoms with van der Waals surface area (Å²) in [7, 11) is 0. The number of nitrogens with zero attached hydrogens (tertiary/aromatic N) is 3. The molecule has 2 rings (SSSR count). The fraction of sp³-hybridized carbons (Fsp3) is 0.818. The molecule has 1 atom stereocenters. The number of rotatable bonds is 2. The Balaban J connectivity index is 2.22. The SMILES string of the molecule is CC(C)Cc1nnc2n1CC(C)CC2. The van der Waals surface area contributed by atoms with Crippen molar-refractivity contribution in [3.05, 3.63) is 11.6 Å². The first kappa shape index (κ1) is 9.69. The second-order valence-corrected chi connectivity index (χ2v) is 4.88. The van der Waals surface area contributed by atoms with Crippen LogP contribution in [0.4, 0.5) is 0 Å². The summed E-state index contributed by atoms with van der Waals surface area (Å²) in [6.07, 6.45) is 3.42. The van der Waals surface area contributed by atoms with Crippen molar-refractivity contribution in [2.24, 2.45) is 11.8 Å². The molecule has 0 saturated heterocycles. The molecule has 0 bridgehead atoms. The van der Waals surface area contributed by atoms with Crippen molar-refractivity contribution in [1.82, 2.24) is 14.8 Å². The van der Waals surface area contributed by atoms with Gasteiger partial charge in [0, 0.05) is 19.4 Å². The van der Waals surface area contributed by atoms with Gasteiger partial charge >= 0.3 is 0 Å². The van der Waals surface area contributed by atoms with Gasteiger partial charge in [-0.05, 0) is 18.3 Å². The van der Waals surface area contributed by atoms with Crippen molar-refractivity contribution in [2.75, 3.05) is 0 Å². The molecule has 0 spiro atoms. The summed E-state index contributed by atoms with van der Waals surface area (Å²) >= 11 is 0. The van der Waals surface area contributed by atoms with Crippen LogP contribution in [0.5, 0.6) is 0 Å². The van der Waals surface area contributed by atoms with Crippen molar-refractivity contribution < 1.29 is 0 Å². The molecule has 1 unspecified atom stereocenters. The topological polar surface area (TPSA) is 30.7 Å². The molecule has 0 aliphatic carbocycles. The maximum Gasteiger partial charge on any atom is 0.133 e. The van der Waals surface area contributed by atoms with Gasteiger partial charge in [-0.15, -0.1) is 10.2 Å². The average Bonchev–Trinajstić information content (AvgIpc) is 2.47. The second-order valence-electron chi connectivity index (χ2n) is 4.88. The van der Waals surface area contributed by atoms with Gasteiger partial charge in [0.1, 0.15) is 11.6 Å². The summed E-state index contributed by atoms with van der Waals surface area (Å²) in [4.78, 5) is 0. The van der Waals surface area contributed by atoms with Crippen molar-refractivity contribution in [3.63, 3.8) is 0 Å². The van der Waals surface area contributed by atoms with E-state index in [1.165, 1.54) is 18.1 Å². The molecular formula is C11H19N3. The van der Waals surface area contributed by atoms with Crippen molar-refractivity contribution in [1.29, 1.82) is 0 Å². The Morgan fingerprint density at radius 1 is 1.43 bits per heavy atom. The van der Waals surface area contributed by atoms with E-state index in [1.807, 2.05) is 0 Å². The molecule has 14 heavy (non-hydrogen) atoms. The lowest BCUT2D eigenvalue weighted by atomic mass is 10.0. The fourth-order valence-electron chi connectivity index (χ4n) is 2.06. The molecule has 3 nitrogen and oxygen atoms in total. The first-order valence-corrected chi connectivity index (χ1v) is 5.57. The minimum Gasteiger partial charge on any atom is -0.315 e.